The van der Waals surface area contributed by atoms with E-state index in [4.69, 9.17) is 0 Å². The standard InChI is InChI=1S/C13H21NO3/c1-5-6-7-8-12(15)14-11(9-10(2)3)13(16)17-4/h5-8,10-11H,9H2,1-4H3,(H,14,15)/b6-5+,8-7+/t11-/m0/s1. The zero-order valence-electron chi connectivity index (χ0n) is 10.9. The Bertz CT molecular complexity index is 306. The van der Waals surface area contributed by atoms with E-state index in [0.29, 0.717) is 12.3 Å². The summed E-state index contributed by atoms with van der Waals surface area (Å²) in [5, 5.41) is 2.62. The Kier molecular flexibility index (Phi) is 7.76. The van der Waals surface area contributed by atoms with E-state index >= 15 is 0 Å². The van der Waals surface area contributed by atoms with Crippen LogP contribution in [-0.2, 0) is 14.3 Å². The molecule has 0 aliphatic rings. The highest BCUT2D eigenvalue weighted by Gasteiger charge is 2.21. The van der Waals surface area contributed by atoms with Crippen LogP contribution in [-0.4, -0.2) is 25.0 Å². The molecular weight excluding hydrogens is 218 g/mol. The molecule has 96 valence electrons. The molecule has 0 spiro atoms. The predicted molar refractivity (Wildman–Crippen MR) is 67.4 cm³/mol. The van der Waals surface area contributed by atoms with Crippen molar-refractivity contribution >= 4 is 11.9 Å². The van der Waals surface area contributed by atoms with Crippen LogP contribution < -0.4 is 5.32 Å². The van der Waals surface area contributed by atoms with E-state index in [0.717, 1.165) is 0 Å². The first-order chi connectivity index (χ1) is 8.01. The van der Waals surface area contributed by atoms with Crippen LogP contribution in [0.2, 0.25) is 0 Å². The molecule has 0 rings (SSSR count). The maximum atomic E-state index is 11.5. The van der Waals surface area contributed by atoms with Crippen LogP contribution in [0, 0.1) is 5.92 Å². The number of hydrogen-bond acceptors (Lipinski definition) is 3. The molecule has 0 bridgehead atoms. The normalized spacial score (nSPS) is 13.2. The van der Waals surface area contributed by atoms with Gasteiger partial charge in [0.05, 0.1) is 7.11 Å². The van der Waals surface area contributed by atoms with Crippen LogP contribution in [0.25, 0.3) is 0 Å². The van der Waals surface area contributed by atoms with E-state index in [1.165, 1.54) is 13.2 Å². The largest absolute Gasteiger partial charge is 0.467 e. The van der Waals surface area contributed by atoms with Crippen molar-refractivity contribution in [1.29, 1.82) is 0 Å². The molecule has 0 saturated heterocycles. The van der Waals surface area contributed by atoms with Gasteiger partial charge in [-0.1, -0.05) is 32.1 Å². The number of ether oxygens (including phenoxy) is 1. The fraction of sp³-hybridized carbons (Fsp3) is 0.538. The van der Waals surface area contributed by atoms with Crippen molar-refractivity contribution in [3.63, 3.8) is 0 Å². The molecule has 4 nitrogen and oxygen atoms in total. The highest BCUT2D eigenvalue weighted by molar-refractivity contribution is 5.91. The maximum Gasteiger partial charge on any atom is 0.328 e. The molecule has 17 heavy (non-hydrogen) atoms. The van der Waals surface area contributed by atoms with Gasteiger partial charge in [0.25, 0.3) is 0 Å². The Hall–Kier alpha value is -1.58. The van der Waals surface area contributed by atoms with Gasteiger partial charge >= 0.3 is 5.97 Å². The first-order valence-electron chi connectivity index (χ1n) is 5.69. The van der Waals surface area contributed by atoms with Gasteiger partial charge in [-0.15, -0.1) is 0 Å². The van der Waals surface area contributed by atoms with Crippen molar-refractivity contribution in [2.24, 2.45) is 5.92 Å². The number of amides is 1. The molecule has 0 saturated carbocycles. The second-order valence-electron chi connectivity index (χ2n) is 4.10. The fourth-order valence-corrected chi connectivity index (χ4v) is 1.30. The van der Waals surface area contributed by atoms with E-state index in [-0.39, 0.29) is 5.91 Å². The van der Waals surface area contributed by atoms with Gasteiger partial charge in [-0.2, -0.15) is 0 Å². The molecular formula is C13H21NO3. The molecule has 1 amide bonds. The fourth-order valence-electron chi connectivity index (χ4n) is 1.30. The highest BCUT2D eigenvalue weighted by atomic mass is 16.5. The molecule has 0 aromatic rings. The van der Waals surface area contributed by atoms with Gasteiger partial charge < -0.3 is 10.1 Å². The van der Waals surface area contributed by atoms with E-state index < -0.39 is 12.0 Å². The van der Waals surface area contributed by atoms with E-state index in [1.54, 1.807) is 12.2 Å². The summed E-state index contributed by atoms with van der Waals surface area (Å²) in [7, 11) is 1.32. The van der Waals surface area contributed by atoms with Crippen molar-refractivity contribution in [3.05, 3.63) is 24.3 Å². The van der Waals surface area contributed by atoms with Gasteiger partial charge in [-0.25, -0.2) is 4.79 Å². The van der Waals surface area contributed by atoms with Gasteiger partial charge in [0.1, 0.15) is 6.04 Å². The lowest BCUT2D eigenvalue weighted by atomic mass is 10.0. The van der Waals surface area contributed by atoms with Crippen LogP contribution in [0.5, 0.6) is 0 Å². The summed E-state index contributed by atoms with van der Waals surface area (Å²) < 4.78 is 4.65. The van der Waals surface area contributed by atoms with Crippen LogP contribution >= 0.6 is 0 Å². The number of methoxy groups -OCH3 is 1. The van der Waals surface area contributed by atoms with Crippen molar-refractivity contribution in [2.45, 2.75) is 33.2 Å². The molecule has 0 unspecified atom stereocenters. The molecule has 0 aliphatic carbocycles. The van der Waals surface area contributed by atoms with Gasteiger partial charge in [0.2, 0.25) is 5.91 Å². The third-order valence-electron chi connectivity index (χ3n) is 2.06. The number of allylic oxidation sites excluding steroid dienone is 3. The van der Waals surface area contributed by atoms with Crippen molar-refractivity contribution < 1.29 is 14.3 Å². The first-order valence-corrected chi connectivity index (χ1v) is 5.69. The van der Waals surface area contributed by atoms with Crippen LogP contribution in [0.1, 0.15) is 27.2 Å². The van der Waals surface area contributed by atoms with E-state index in [2.05, 4.69) is 10.1 Å². The molecule has 0 heterocycles. The Balaban J connectivity index is 4.42. The summed E-state index contributed by atoms with van der Waals surface area (Å²) in [5.41, 5.74) is 0. The van der Waals surface area contributed by atoms with Crippen molar-refractivity contribution in [1.82, 2.24) is 5.32 Å². The number of nitrogens with one attached hydrogen (secondary N) is 1. The minimum Gasteiger partial charge on any atom is -0.467 e. The summed E-state index contributed by atoms with van der Waals surface area (Å²) in [4.78, 5) is 22.9. The van der Waals surface area contributed by atoms with Gasteiger partial charge in [0.15, 0.2) is 0 Å². The number of hydrogen-bond donors (Lipinski definition) is 1. The Morgan fingerprint density at radius 1 is 1.29 bits per heavy atom. The molecule has 0 aromatic carbocycles. The monoisotopic (exact) mass is 239 g/mol. The summed E-state index contributed by atoms with van der Waals surface area (Å²) >= 11 is 0. The molecule has 0 aliphatic heterocycles. The lowest BCUT2D eigenvalue weighted by Crippen LogP contribution is -2.41. The topological polar surface area (TPSA) is 55.4 Å². The first kappa shape index (κ1) is 15.4. The Morgan fingerprint density at radius 2 is 1.94 bits per heavy atom. The van der Waals surface area contributed by atoms with Crippen LogP contribution in [0.15, 0.2) is 24.3 Å². The van der Waals surface area contributed by atoms with Gasteiger partial charge in [0, 0.05) is 6.08 Å². The zero-order chi connectivity index (χ0) is 13.3. The highest BCUT2D eigenvalue weighted by Crippen LogP contribution is 2.06. The Labute approximate surface area is 103 Å². The molecule has 0 radical (unpaired) electrons. The third kappa shape index (κ3) is 7.33. The number of rotatable bonds is 6. The maximum absolute atomic E-state index is 11.5. The van der Waals surface area contributed by atoms with Crippen molar-refractivity contribution in [2.75, 3.05) is 7.11 Å². The van der Waals surface area contributed by atoms with Crippen LogP contribution in [0.3, 0.4) is 0 Å². The minimum atomic E-state index is -0.581. The molecule has 0 aromatic heterocycles. The molecule has 1 atom stereocenters. The summed E-state index contributed by atoms with van der Waals surface area (Å²) in [6, 6.07) is -0.581. The molecule has 0 fully saturated rings. The smallest absolute Gasteiger partial charge is 0.328 e. The SMILES string of the molecule is C/C=C/C=C/C(=O)N[C@@H](CC(C)C)C(=O)OC. The average Bonchev–Trinajstić information content (AvgIpc) is 2.27. The Morgan fingerprint density at radius 3 is 2.41 bits per heavy atom. The molecule has 4 heteroatoms. The second kappa shape index (κ2) is 8.56. The lowest BCUT2D eigenvalue weighted by molar-refractivity contribution is -0.145. The van der Waals surface area contributed by atoms with Gasteiger partial charge in [-0.05, 0) is 19.3 Å². The molecule has 1 N–H and O–H groups in total. The summed E-state index contributed by atoms with van der Waals surface area (Å²) in [6.07, 6.45) is 7.13. The zero-order valence-corrected chi connectivity index (χ0v) is 10.9. The van der Waals surface area contributed by atoms with Crippen LogP contribution in [0.4, 0.5) is 0 Å². The number of carbonyl (C=O) groups is 2. The van der Waals surface area contributed by atoms with Crippen molar-refractivity contribution in [3.8, 4) is 0 Å². The summed E-state index contributed by atoms with van der Waals surface area (Å²) in [6.45, 7) is 5.83. The number of esters is 1. The predicted octanol–water partition coefficient (Wildman–Crippen LogP) is 1.82. The third-order valence-corrected chi connectivity index (χ3v) is 2.06. The summed E-state index contributed by atoms with van der Waals surface area (Å²) in [5.74, 6) is -0.399. The lowest BCUT2D eigenvalue weighted by Gasteiger charge is -2.17. The minimum absolute atomic E-state index is 0.292. The van der Waals surface area contributed by atoms with Gasteiger partial charge in [-0.3, -0.25) is 4.79 Å². The average molecular weight is 239 g/mol. The second-order valence-corrected chi connectivity index (χ2v) is 4.10. The van der Waals surface area contributed by atoms with E-state index in [9.17, 15) is 9.59 Å². The number of carbonyl (C=O) groups excluding carboxylic acids is 2. The quantitative estimate of drug-likeness (QED) is 0.437. The van der Waals surface area contributed by atoms with E-state index in [1.807, 2.05) is 26.8 Å².